The normalized spacial score (nSPS) is 10.8. The highest BCUT2D eigenvalue weighted by Gasteiger charge is 2.07. The molecule has 36 heavy (non-hydrogen) atoms. The van der Waals surface area contributed by atoms with Crippen molar-refractivity contribution >= 4 is 57.8 Å². The molecule has 0 radical (unpaired) electrons. The van der Waals surface area contributed by atoms with Crippen molar-refractivity contribution in [1.29, 1.82) is 0 Å². The van der Waals surface area contributed by atoms with Crippen LogP contribution in [0.2, 0.25) is 10.0 Å². The summed E-state index contributed by atoms with van der Waals surface area (Å²) in [5.41, 5.74) is 4.35. The van der Waals surface area contributed by atoms with Crippen LogP contribution in [0.4, 0.5) is 5.69 Å². The van der Waals surface area contributed by atoms with Gasteiger partial charge < -0.3 is 14.8 Å². The Hall–Kier alpha value is -4.14. The molecule has 10 heteroatoms. The molecular weight excluding hydrogens is 503 g/mol. The Kier molecular flexibility index (Phi) is 8.33. The molecule has 0 unspecified atom stereocenters. The lowest BCUT2D eigenvalue weighted by Gasteiger charge is -2.08. The third kappa shape index (κ3) is 6.94. The van der Waals surface area contributed by atoms with Crippen LogP contribution in [0.25, 0.3) is 10.9 Å². The summed E-state index contributed by atoms with van der Waals surface area (Å²) in [6.07, 6.45) is 3.15. The molecule has 0 saturated carbocycles. The highest BCUT2D eigenvalue weighted by molar-refractivity contribution is 6.42. The van der Waals surface area contributed by atoms with E-state index in [9.17, 15) is 9.59 Å². The number of benzene rings is 3. The number of pyridine rings is 1. The Morgan fingerprint density at radius 3 is 2.47 bits per heavy atom. The molecule has 2 amide bonds. The van der Waals surface area contributed by atoms with E-state index in [2.05, 4.69) is 20.8 Å². The molecule has 0 aliphatic carbocycles. The van der Waals surface area contributed by atoms with Gasteiger partial charge in [-0.2, -0.15) is 5.10 Å². The minimum absolute atomic E-state index is 0.185. The number of amides is 2. The molecular formula is C26H20Cl2N4O4. The van der Waals surface area contributed by atoms with Crippen molar-refractivity contribution < 1.29 is 19.1 Å². The van der Waals surface area contributed by atoms with Crippen LogP contribution in [0.3, 0.4) is 0 Å². The molecule has 0 atom stereocenters. The van der Waals surface area contributed by atoms with Crippen LogP contribution in [0.5, 0.6) is 11.5 Å². The van der Waals surface area contributed by atoms with Crippen LogP contribution in [-0.4, -0.2) is 36.2 Å². The van der Waals surface area contributed by atoms with E-state index in [-0.39, 0.29) is 19.1 Å². The van der Waals surface area contributed by atoms with E-state index in [1.807, 2.05) is 24.3 Å². The van der Waals surface area contributed by atoms with Crippen LogP contribution in [0.15, 0.2) is 84.1 Å². The van der Waals surface area contributed by atoms with Gasteiger partial charge in [0.1, 0.15) is 17.0 Å². The first kappa shape index (κ1) is 25.0. The first-order valence-corrected chi connectivity index (χ1v) is 11.5. The zero-order valence-corrected chi connectivity index (χ0v) is 20.3. The highest BCUT2D eigenvalue weighted by Crippen LogP contribution is 2.25. The molecule has 182 valence electrons. The second-order valence-corrected chi connectivity index (χ2v) is 8.26. The fourth-order valence-corrected chi connectivity index (χ4v) is 3.42. The number of carbonyl (C=O) groups is 2. The summed E-state index contributed by atoms with van der Waals surface area (Å²) < 4.78 is 11.1. The summed E-state index contributed by atoms with van der Waals surface area (Å²) in [6.45, 7) is -0.389. The lowest BCUT2D eigenvalue weighted by Crippen LogP contribution is -2.24. The minimum atomic E-state index is -0.410. The monoisotopic (exact) mass is 522 g/mol. The average Bonchev–Trinajstić information content (AvgIpc) is 2.89. The number of halogens is 2. The standard InChI is InChI=1S/C26H20Cl2N4O4/c27-21-11-8-19(13-22(21)28)31-24(33)15-35-20-9-6-17(7-10-20)14-30-32-25(34)16-36-23-5-1-3-18-4-2-12-29-26(18)23/h1-14H,15-16H2,(H,31,33)(H,32,34)/b30-14-. The summed E-state index contributed by atoms with van der Waals surface area (Å²) in [5.74, 6) is 0.265. The molecule has 0 aliphatic rings. The Morgan fingerprint density at radius 1 is 0.889 bits per heavy atom. The molecule has 4 aromatic rings. The van der Waals surface area contributed by atoms with E-state index >= 15 is 0 Å². The first-order chi connectivity index (χ1) is 17.5. The van der Waals surface area contributed by atoms with Gasteiger partial charge in [-0.05, 0) is 60.2 Å². The van der Waals surface area contributed by atoms with Gasteiger partial charge in [0.05, 0.1) is 16.3 Å². The molecule has 1 aromatic heterocycles. The zero-order chi connectivity index (χ0) is 25.3. The number of ether oxygens (including phenoxy) is 2. The van der Waals surface area contributed by atoms with Gasteiger partial charge in [0, 0.05) is 17.3 Å². The number of hydrogen-bond acceptors (Lipinski definition) is 6. The lowest BCUT2D eigenvalue weighted by molar-refractivity contribution is -0.123. The molecule has 1 heterocycles. The van der Waals surface area contributed by atoms with Crippen LogP contribution >= 0.6 is 23.2 Å². The van der Waals surface area contributed by atoms with Crippen LogP contribution < -0.4 is 20.2 Å². The summed E-state index contributed by atoms with van der Waals surface area (Å²) in [4.78, 5) is 28.4. The average molecular weight is 523 g/mol. The summed E-state index contributed by atoms with van der Waals surface area (Å²) in [5, 5.41) is 8.29. The summed E-state index contributed by atoms with van der Waals surface area (Å²) in [6, 6.07) is 20.9. The Labute approximate surface area is 216 Å². The molecule has 4 rings (SSSR count). The van der Waals surface area contributed by atoms with Gasteiger partial charge in [-0.15, -0.1) is 0 Å². The Morgan fingerprint density at radius 2 is 1.67 bits per heavy atom. The predicted octanol–water partition coefficient (Wildman–Crippen LogP) is 5.09. The third-order valence-electron chi connectivity index (χ3n) is 4.81. The second kappa shape index (κ2) is 12.0. The molecule has 0 aliphatic heterocycles. The fourth-order valence-electron chi connectivity index (χ4n) is 3.12. The second-order valence-electron chi connectivity index (χ2n) is 7.45. The van der Waals surface area contributed by atoms with Crippen molar-refractivity contribution in [2.75, 3.05) is 18.5 Å². The fraction of sp³-hybridized carbons (Fsp3) is 0.0769. The largest absolute Gasteiger partial charge is 0.484 e. The number of hydrogen-bond donors (Lipinski definition) is 2. The van der Waals surface area contributed by atoms with E-state index < -0.39 is 5.91 Å². The van der Waals surface area contributed by atoms with Gasteiger partial charge in [-0.1, -0.05) is 41.4 Å². The summed E-state index contributed by atoms with van der Waals surface area (Å²) >= 11 is 11.8. The number of anilines is 1. The minimum Gasteiger partial charge on any atom is -0.484 e. The van der Waals surface area contributed by atoms with Crippen molar-refractivity contribution in [2.45, 2.75) is 0 Å². The number of carbonyl (C=O) groups excluding carboxylic acids is 2. The highest BCUT2D eigenvalue weighted by atomic mass is 35.5. The molecule has 8 nitrogen and oxygen atoms in total. The van der Waals surface area contributed by atoms with Gasteiger partial charge >= 0.3 is 0 Å². The van der Waals surface area contributed by atoms with Gasteiger partial charge in [-0.25, -0.2) is 5.43 Å². The first-order valence-electron chi connectivity index (χ1n) is 10.7. The quantitative estimate of drug-likeness (QED) is 0.235. The van der Waals surface area contributed by atoms with Gasteiger partial charge in [0.2, 0.25) is 0 Å². The van der Waals surface area contributed by atoms with E-state index in [1.165, 1.54) is 6.21 Å². The van der Waals surface area contributed by atoms with E-state index in [0.717, 1.165) is 10.9 Å². The number of para-hydroxylation sites is 1. The van der Waals surface area contributed by atoms with Crippen molar-refractivity contribution in [1.82, 2.24) is 10.4 Å². The number of aromatic nitrogens is 1. The SMILES string of the molecule is O=C(COc1cccc2cccnc12)N/N=C\c1ccc(OCC(=O)Nc2ccc(Cl)c(Cl)c2)cc1. The topological polar surface area (TPSA) is 102 Å². The number of hydrazone groups is 1. The maximum atomic E-state index is 12.1. The Bertz CT molecular complexity index is 1410. The molecule has 3 aromatic carbocycles. The molecule has 0 fully saturated rings. The van der Waals surface area contributed by atoms with Crippen LogP contribution in [0.1, 0.15) is 5.56 Å². The maximum Gasteiger partial charge on any atom is 0.277 e. The number of fused-ring (bicyclic) bond motifs is 1. The zero-order valence-electron chi connectivity index (χ0n) is 18.8. The maximum absolute atomic E-state index is 12.1. The Balaban J connectivity index is 1.21. The molecule has 2 N–H and O–H groups in total. The molecule has 0 bridgehead atoms. The van der Waals surface area contributed by atoms with E-state index in [1.54, 1.807) is 54.7 Å². The van der Waals surface area contributed by atoms with Crippen LogP contribution in [-0.2, 0) is 9.59 Å². The smallest absolute Gasteiger partial charge is 0.277 e. The number of nitrogens with one attached hydrogen (secondary N) is 2. The summed E-state index contributed by atoms with van der Waals surface area (Å²) in [7, 11) is 0. The lowest BCUT2D eigenvalue weighted by atomic mass is 10.2. The third-order valence-corrected chi connectivity index (χ3v) is 5.55. The van der Waals surface area contributed by atoms with E-state index in [4.69, 9.17) is 32.7 Å². The molecule has 0 saturated heterocycles. The number of rotatable bonds is 9. The van der Waals surface area contributed by atoms with Crippen molar-refractivity contribution in [3.8, 4) is 11.5 Å². The van der Waals surface area contributed by atoms with E-state index in [0.29, 0.717) is 32.7 Å². The van der Waals surface area contributed by atoms with Crippen molar-refractivity contribution in [3.63, 3.8) is 0 Å². The van der Waals surface area contributed by atoms with Gasteiger partial charge in [0.25, 0.3) is 11.8 Å². The van der Waals surface area contributed by atoms with Crippen molar-refractivity contribution in [3.05, 3.63) is 94.6 Å². The van der Waals surface area contributed by atoms with Crippen LogP contribution in [0, 0.1) is 0 Å². The van der Waals surface area contributed by atoms with Gasteiger partial charge in [-0.3, -0.25) is 14.6 Å². The van der Waals surface area contributed by atoms with Crippen molar-refractivity contribution in [2.24, 2.45) is 5.10 Å². The van der Waals surface area contributed by atoms with Gasteiger partial charge in [0.15, 0.2) is 13.2 Å². The predicted molar refractivity (Wildman–Crippen MR) is 140 cm³/mol. The number of nitrogens with zero attached hydrogens (tertiary/aromatic N) is 2. The molecule has 0 spiro atoms.